The Balaban J connectivity index is 2.06. The largest absolute Gasteiger partial charge is 0.489 e. The first-order valence-corrected chi connectivity index (χ1v) is 15.4. The van der Waals surface area contributed by atoms with E-state index in [0.717, 1.165) is 4.31 Å². The molecule has 14 nitrogen and oxygen atoms in total. The molecule has 0 unspecified atom stereocenters. The monoisotopic (exact) mass is 627 g/mol. The van der Waals surface area contributed by atoms with Gasteiger partial charge in [0.1, 0.15) is 17.7 Å². The SMILES string of the molecule is CCOC(=O)CS(=O)(=O)N(CC=Cc1cccc(C(=N)N)c1)c1cc(C(N)=O)c(OC2CCN(C(C)=N)CC2)c(C(N)=O)c1. The van der Waals surface area contributed by atoms with Crippen LogP contribution in [0.3, 0.4) is 0 Å². The topological polar surface area (TPSA) is 236 Å². The maximum atomic E-state index is 13.5. The average Bonchev–Trinajstić information content (AvgIpc) is 2.95. The minimum absolute atomic E-state index is 0.0389. The number of hydrogen-bond donors (Lipinski definition) is 5. The van der Waals surface area contributed by atoms with E-state index < -0.39 is 39.7 Å². The molecule has 44 heavy (non-hydrogen) atoms. The van der Waals surface area contributed by atoms with Crippen LogP contribution in [0.2, 0.25) is 0 Å². The van der Waals surface area contributed by atoms with Gasteiger partial charge in [0.2, 0.25) is 10.0 Å². The van der Waals surface area contributed by atoms with Crippen LogP contribution in [0.4, 0.5) is 5.69 Å². The highest BCUT2D eigenvalue weighted by Gasteiger charge is 2.31. The van der Waals surface area contributed by atoms with Crippen molar-refractivity contribution in [1.29, 1.82) is 10.8 Å². The number of esters is 1. The molecule has 2 aromatic carbocycles. The predicted molar refractivity (Wildman–Crippen MR) is 166 cm³/mol. The molecule has 1 aliphatic heterocycles. The standard InChI is InChI=1S/C29H37N7O7S/c1-3-42-25(37)17-44(40,41)36(11-5-7-19-6-4-8-20(14-19)27(31)32)21-15-23(28(33)38)26(24(16-21)29(34)39)43-22-9-12-35(13-10-22)18(2)30/h4-8,14-16,22,30H,3,9-13,17H2,1-2H3,(H3,31,32)(H2,33,38)(H2,34,39). The van der Waals surface area contributed by atoms with E-state index in [0.29, 0.717) is 42.9 Å². The lowest BCUT2D eigenvalue weighted by atomic mass is 10.0. The van der Waals surface area contributed by atoms with Crippen molar-refractivity contribution in [3.05, 3.63) is 64.7 Å². The van der Waals surface area contributed by atoms with E-state index in [-0.39, 0.29) is 41.6 Å². The Morgan fingerprint density at radius 1 is 1.05 bits per heavy atom. The molecule has 3 rings (SSSR count). The lowest BCUT2D eigenvalue weighted by Gasteiger charge is -2.33. The summed E-state index contributed by atoms with van der Waals surface area (Å²) in [6.07, 6.45) is 3.63. The molecule has 8 N–H and O–H groups in total. The van der Waals surface area contributed by atoms with Gasteiger partial charge in [-0.15, -0.1) is 0 Å². The van der Waals surface area contributed by atoms with Crippen molar-refractivity contribution in [2.75, 3.05) is 36.3 Å². The maximum Gasteiger partial charge on any atom is 0.323 e. The number of carbonyl (C=O) groups is 3. The highest BCUT2D eigenvalue weighted by atomic mass is 32.2. The third-order valence-electron chi connectivity index (χ3n) is 6.81. The molecule has 0 aromatic heterocycles. The number of anilines is 1. The van der Waals surface area contributed by atoms with Crippen molar-refractivity contribution in [3.8, 4) is 5.75 Å². The summed E-state index contributed by atoms with van der Waals surface area (Å²) in [5, 5.41) is 15.5. The van der Waals surface area contributed by atoms with Gasteiger partial charge in [-0.2, -0.15) is 0 Å². The Morgan fingerprint density at radius 2 is 1.66 bits per heavy atom. The van der Waals surface area contributed by atoms with Crippen molar-refractivity contribution in [1.82, 2.24) is 4.90 Å². The number of sulfonamides is 1. The van der Waals surface area contributed by atoms with Crippen molar-refractivity contribution < 1.29 is 32.3 Å². The zero-order valence-corrected chi connectivity index (χ0v) is 25.4. The average molecular weight is 628 g/mol. The van der Waals surface area contributed by atoms with Gasteiger partial charge < -0.3 is 31.6 Å². The zero-order valence-electron chi connectivity index (χ0n) is 24.5. The first-order valence-electron chi connectivity index (χ1n) is 13.7. The lowest BCUT2D eigenvalue weighted by molar-refractivity contribution is -0.139. The fourth-order valence-corrected chi connectivity index (χ4v) is 5.91. The number of amidine groups is 2. The number of benzene rings is 2. The van der Waals surface area contributed by atoms with E-state index in [1.54, 1.807) is 37.3 Å². The minimum atomic E-state index is -4.43. The number of carbonyl (C=O) groups excluding carboxylic acids is 3. The van der Waals surface area contributed by atoms with Crippen LogP contribution in [0.15, 0.2) is 42.5 Å². The van der Waals surface area contributed by atoms with Crippen LogP contribution < -0.4 is 26.2 Å². The van der Waals surface area contributed by atoms with E-state index in [4.69, 9.17) is 37.5 Å². The van der Waals surface area contributed by atoms with Gasteiger partial charge in [-0.1, -0.05) is 30.4 Å². The van der Waals surface area contributed by atoms with Crippen molar-refractivity contribution in [2.24, 2.45) is 17.2 Å². The molecule has 236 valence electrons. The van der Waals surface area contributed by atoms with Crippen LogP contribution in [-0.2, 0) is 19.6 Å². The Hall–Kier alpha value is -4.92. The van der Waals surface area contributed by atoms with Gasteiger partial charge in [-0.25, -0.2) is 8.42 Å². The molecule has 0 atom stereocenters. The van der Waals surface area contributed by atoms with E-state index in [1.807, 2.05) is 4.90 Å². The number of ether oxygens (including phenoxy) is 2. The molecule has 1 heterocycles. The molecule has 15 heteroatoms. The fourth-order valence-electron chi connectivity index (χ4n) is 4.63. The van der Waals surface area contributed by atoms with E-state index in [1.165, 1.54) is 25.1 Å². The Kier molecular flexibility index (Phi) is 11.1. The Labute approximate surface area is 255 Å². The van der Waals surface area contributed by atoms with Crippen molar-refractivity contribution in [3.63, 3.8) is 0 Å². The van der Waals surface area contributed by atoms with Crippen LogP contribution in [0.1, 0.15) is 58.5 Å². The van der Waals surface area contributed by atoms with Gasteiger partial charge >= 0.3 is 5.97 Å². The van der Waals surface area contributed by atoms with Crippen LogP contribution >= 0.6 is 0 Å². The van der Waals surface area contributed by atoms with Gasteiger partial charge in [0.25, 0.3) is 11.8 Å². The highest BCUT2D eigenvalue weighted by molar-refractivity contribution is 7.93. The van der Waals surface area contributed by atoms with Gasteiger partial charge in [0.05, 0.1) is 35.8 Å². The smallest absolute Gasteiger partial charge is 0.323 e. The predicted octanol–water partition coefficient (Wildman–Crippen LogP) is 1.42. The molecular formula is C29H37N7O7S. The lowest BCUT2D eigenvalue weighted by Crippen LogP contribution is -2.41. The Bertz CT molecular complexity index is 1550. The number of nitrogens with zero attached hydrogens (tertiary/aromatic N) is 2. The molecule has 0 spiro atoms. The first-order chi connectivity index (χ1) is 20.7. The number of rotatable bonds is 13. The summed E-state index contributed by atoms with van der Waals surface area (Å²) < 4.78 is 38.8. The van der Waals surface area contributed by atoms with Crippen LogP contribution in [-0.4, -0.2) is 80.9 Å². The summed E-state index contributed by atoms with van der Waals surface area (Å²) in [5.74, 6) is -3.89. The number of hydrogen-bond acceptors (Lipinski definition) is 9. The quantitative estimate of drug-likeness (QED) is 0.122. The van der Waals surface area contributed by atoms with E-state index in [9.17, 15) is 22.8 Å². The summed E-state index contributed by atoms with van der Waals surface area (Å²) >= 11 is 0. The molecule has 0 bridgehead atoms. The number of nitrogens with one attached hydrogen (secondary N) is 2. The minimum Gasteiger partial charge on any atom is -0.489 e. The van der Waals surface area contributed by atoms with Crippen LogP contribution in [0.5, 0.6) is 5.75 Å². The second-order valence-electron chi connectivity index (χ2n) is 10.0. The second-order valence-corrected chi connectivity index (χ2v) is 11.9. The zero-order chi connectivity index (χ0) is 32.6. The van der Waals surface area contributed by atoms with E-state index in [2.05, 4.69) is 0 Å². The summed E-state index contributed by atoms with van der Waals surface area (Å²) in [4.78, 5) is 39.3. The van der Waals surface area contributed by atoms with E-state index >= 15 is 0 Å². The normalized spacial score (nSPS) is 13.8. The van der Waals surface area contributed by atoms with Gasteiger partial charge in [-0.3, -0.25) is 29.5 Å². The third-order valence-corrected chi connectivity index (χ3v) is 8.45. The Morgan fingerprint density at radius 3 is 2.18 bits per heavy atom. The molecule has 2 aromatic rings. The highest BCUT2D eigenvalue weighted by Crippen LogP contribution is 2.33. The summed E-state index contributed by atoms with van der Waals surface area (Å²) in [6, 6.07) is 9.03. The molecule has 2 amide bonds. The number of nitrogens with two attached hydrogens (primary N) is 3. The number of amides is 2. The summed E-state index contributed by atoms with van der Waals surface area (Å²) in [5.41, 5.74) is 17.3. The number of piperidine rings is 1. The molecule has 0 saturated carbocycles. The summed E-state index contributed by atoms with van der Waals surface area (Å²) in [6.45, 7) is 3.89. The molecule has 1 fully saturated rings. The maximum absolute atomic E-state index is 13.5. The molecule has 0 aliphatic carbocycles. The van der Waals surface area contributed by atoms with Crippen LogP contribution in [0.25, 0.3) is 6.08 Å². The second kappa shape index (κ2) is 14.5. The molecule has 1 aliphatic rings. The number of likely N-dealkylation sites (tertiary alicyclic amines) is 1. The van der Waals surface area contributed by atoms with Crippen LogP contribution in [0, 0.1) is 10.8 Å². The molecule has 0 radical (unpaired) electrons. The number of nitrogen functional groups attached to an aromatic ring is 1. The fraction of sp³-hybridized carbons (Fsp3) is 0.345. The van der Waals surface area contributed by atoms with Gasteiger partial charge in [0.15, 0.2) is 5.75 Å². The molecular weight excluding hydrogens is 590 g/mol. The first kappa shape index (κ1) is 33.6. The molecule has 1 saturated heterocycles. The summed E-state index contributed by atoms with van der Waals surface area (Å²) in [7, 11) is -4.43. The van der Waals surface area contributed by atoms with Gasteiger partial charge in [-0.05, 0) is 37.6 Å². The van der Waals surface area contributed by atoms with Crippen molar-refractivity contribution in [2.45, 2.75) is 32.8 Å². The third kappa shape index (κ3) is 8.56. The van der Waals surface area contributed by atoms with Crippen molar-refractivity contribution >= 4 is 51.2 Å². The van der Waals surface area contributed by atoms with Gasteiger partial charge in [0, 0.05) is 31.5 Å². The number of primary amides is 2.